The van der Waals surface area contributed by atoms with Crippen LogP contribution < -0.4 is 5.32 Å². The van der Waals surface area contributed by atoms with E-state index in [2.05, 4.69) is 10.3 Å². The summed E-state index contributed by atoms with van der Waals surface area (Å²) < 4.78 is 1.64. The number of amides is 1. The van der Waals surface area contributed by atoms with E-state index < -0.39 is 17.8 Å². The molecule has 7 heteroatoms. The molecule has 0 aliphatic rings. The first-order valence-electron chi connectivity index (χ1n) is 5.81. The third-order valence-corrected chi connectivity index (χ3v) is 3.08. The summed E-state index contributed by atoms with van der Waals surface area (Å²) in [6.07, 6.45) is 4.80. The van der Waals surface area contributed by atoms with Gasteiger partial charge in [0.2, 0.25) is 5.91 Å². The average Bonchev–Trinajstić information content (AvgIpc) is 2.91. The number of para-hydroxylation sites is 1. The minimum atomic E-state index is -1.19. The highest BCUT2D eigenvalue weighted by Gasteiger charge is 2.22. The lowest BCUT2D eigenvalue weighted by Gasteiger charge is -2.14. The Bertz CT molecular complexity index is 640. The molecular formula is C13H12ClN3O3. The standard InChI is InChI=1S/C13H12ClN3O3/c1-8(13(19)20)12(18)16-10-4-2-3-9(14)11(10)17-6-5-15-7-17/h2-8H,1H3,(H,16,18)(H,19,20). The van der Waals surface area contributed by atoms with Crippen molar-refractivity contribution in [3.8, 4) is 5.69 Å². The molecule has 0 saturated carbocycles. The highest BCUT2D eigenvalue weighted by molar-refractivity contribution is 6.33. The minimum absolute atomic E-state index is 0.420. The number of hydrogen-bond donors (Lipinski definition) is 2. The molecule has 0 radical (unpaired) electrons. The summed E-state index contributed by atoms with van der Waals surface area (Å²) in [7, 11) is 0. The van der Waals surface area contributed by atoms with E-state index in [1.807, 2.05) is 0 Å². The van der Waals surface area contributed by atoms with E-state index in [1.165, 1.54) is 13.3 Å². The summed E-state index contributed by atoms with van der Waals surface area (Å²) >= 11 is 6.13. The maximum absolute atomic E-state index is 11.8. The van der Waals surface area contributed by atoms with Crippen LogP contribution in [-0.2, 0) is 9.59 Å². The van der Waals surface area contributed by atoms with E-state index in [9.17, 15) is 9.59 Å². The molecule has 20 heavy (non-hydrogen) atoms. The van der Waals surface area contributed by atoms with Crippen molar-refractivity contribution < 1.29 is 14.7 Å². The van der Waals surface area contributed by atoms with Crippen molar-refractivity contribution >= 4 is 29.2 Å². The predicted molar refractivity (Wildman–Crippen MR) is 74.0 cm³/mol. The molecule has 0 saturated heterocycles. The van der Waals surface area contributed by atoms with Crippen LogP contribution in [0.2, 0.25) is 5.02 Å². The second-order valence-electron chi connectivity index (χ2n) is 4.16. The Morgan fingerprint density at radius 3 is 2.80 bits per heavy atom. The number of carboxylic acids is 1. The molecule has 2 N–H and O–H groups in total. The van der Waals surface area contributed by atoms with Crippen LogP contribution in [0.25, 0.3) is 5.69 Å². The average molecular weight is 294 g/mol. The maximum Gasteiger partial charge on any atom is 0.315 e. The SMILES string of the molecule is CC(C(=O)O)C(=O)Nc1cccc(Cl)c1-n1ccnc1. The highest BCUT2D eigenvalue weighted by Crippen LogP contribution is 2.28. The van der Waals surface area contributed by atoms with E-state index in [-0.39, 0.29) is 0 Å². The van der Waals surface area contributed by atoms with Gasteiger partial charge in [0.15, 0.2) is 0 Å². The number of rotatable bonds is 4. The fraction of sp³-hybridized carbons (Fsp3) is 0.154. The zero-order chi connectivity index (χ0) is 14.7. The monoisotopic (exact) mass is 293 g/mol. The van der Waals surface area contributed by atoms with E-state index in [4.69, 9.17) is 16.7 Å². The third-order valence-electron chi connectivity index (χ3n) is 2.77. The molecule has 0 aliphatic heterocycles. The fourth-order valence-electron chi connectivity index (χ4n) is 1.62. The molecule has 1 unspecified atom stereocenters. The molecule has 0 fully saturated rings. The molecule has 1 aromatic heterocycles. The molecular weight excluding hydrogens is 282 g/mol. The van der Waals surface area contributed by atoms with Crippen LogP contribution in [0, 0.1) is 5.92 Å². The van der Waals surface area contributed by atoms with Crippen molar-refractivity contribution in [3.63, 3.8) is 0 Å². The van der Waals surface area contributed by atoms with Crippen LogP contribution in [0.5, 0.6) is 0 Å². The molecule has 0 aliphatic carbocycles. The van der Waals surface area contributed by atoms with Gasteiger partial charge in [-0.1, -0.05) is 17.7 Å². The summed E-state index contributed by atoms with van der Waals surface area (Å²) in [5, 5.41) is 11.8. The van der Waals surface area contributed by atoms with Gasteiger partial charge >= 0.3 is 5.97 Å². The molecule has 1 amide bonds. The number of imidazole rings is 1. The van der Waals surface area contributed by atoms with Crippen molar-refractivity contribution in [2.45, 2.75) is 6.92 Å². The zero-order valence-corrected chi connectivity index (χ0v) is 11.3. The second-order valence-corrected chi connectivity index (χ2v) is 4.56. The van der Waals surface area contributed by atoms with Gasteiger partial charge in [0.25, 0.3) is 0 Å². The number of nitrogens with one attached hydrogen (secondary N) is 1. The Balaban J connectivity index is 2.36. The number of halogens is 1. The van der Waals surface area contributed by atoms with Crippen molar-refractivity contribution in [3.05, 3.63) is 41.9 Å². The number of hydrogen-bond acceptors (Lipinski definition) is 3. The second kappa shape index (κ2) is 5.75. The summed E-state index contributed by atoms with van der Waals surface area (Å²) in [4.78, 5) is 26.6. The molecule has 104 valence electrons. The van der Waals surface area contributed by atoms with Gasteiger partial charge in [0.1, 0.15) is 5.92 Å². The van der Waals surface area contributed by atoms with Crippen molar-refractivity contribution in [2.75, 3.05) is 5.32 Å². The van der Waals surface area contributed by atoms with E-state index in [0.717, 1.165) is 0 Å². The Kier molecular flexibility index (Phi) is 4.05. The molecule has 2 aromatic rings. The number of anilines is 1. The first kappa shape index (κ1) is 14.1. The molecule has 1 aromatic carbocycles. The molecule has 2 rings (SSSR count). The predicted octanol–water partition coefficient (Wildman–Crippen LogP) is 2.18. The van der Waals surface area contributed by atoms with Gasteiger partial charge < -0.3 is 15.0 Å². The van der Waals surface area contributed by atoms with Crippen LogP contribution in [-0.4, -0.2) is 26.5 Å². The van der Waals surface area contributed by atoms with Crippen LogP contribution in [0.3, 0.4) is 0 Å². The quantitative estimate of drug-likeness (QED) is 0.846. The van der Waals surface area contributed by atoms with Gasteiger partial charge in [-0.05, 0) is 19.1 Å². The van der Waals surface area contributed by atoms with Gasteiger partial charge in [-0.3, -0.25) is 9.59 Å². The lowest BCUT2D eigenvalue weighted by molar-refractivity contribution is -0.144. The van der Waals surface area contributed by atoms with Crippen LogP contribution in [0.4, 0.5) is 5.69 Å². The van der Waals surface area contributed by atoms with Gasteiger partial charge in [-0.25, -0.2) is 4.98 Å². The summed E-state index contributed by atoms with van der Waals surface area (Å²) in [6.45, 7) is 1.32. The Hall–Kier alpha value is -2.34. The van der Waals surface area contributed by atoms with Gasteiger partial charge in [-0.2, -0.15) is 0 Å². The minimum Gasteiger partial charge on any atom is -0.481 e. The maximum atomic E-state index is 11.8. The van der Waals surface area contributed by atoms with E-state index in [0.29, 0.717) is 16.4 Å². The largest absolute Gasteiger partial charge is 0.481 e. The molecule has 0 bridgehead atoms. The summed E-state index contributed by atoms with van der Waals surface area (Å²) in [6, 6.07) is 4.99. The molecule has 1 heterocycles. The van der Waals surface area contributed by atoms with Crippen molar-refractivity contribution in [1.29, 1.82) is 0 Å². The first-order chi connectivity index (χ1) is 9.50. The number of aromatic nitrogens is 2. The zero-order valence-electron chi connectivity index (χ0n) is 10.6. The number of carboxylic acid groups (broad SMARTS) is 1. The topological polar surface area (TPSA) is 84.2 Å². The van der Waals surface area contributed by atoms with Crippen LogP contribution in [0.15, 0.2) is 36.9 Å². The van der Waals surface area contributed by atoms with E-state index >= 15 is 0 Å². The lowest BCUT2D eigenvalue weighted by atomic mass is 10.1. The normalized spacial score (nSPS) is 11.9. The molecule has 0 spiro atoms. The van der Waals surface area contributed by atoms with Gasteiger partial charge in [0, 0.05) is 12.4 Å². The first-order valence-corrected chi connectivity index (χ1v) is 6.19. The highest BCUT2D eigenvalue weighted by atomic mass is 35.5. The van der Waals surface area contributed by atoms with Crippen molar-refractivity contribution in [1.82, 2.24) is 9.55 Å². The molecule has 6 nitrogen and oxygen atoms in total. The Morgan fingerprint density at radius 1 is 1.45 bits per heavy atom. The third kappa shape index (κ3) is 2.80. The Morgan fingerprint density at radius 2 is 2.20 bits per heavy atom. The van der Waals surface area contributed by atoms with E-state index in [1.54, 1.807) is 35.2 Å². The fourth-order valence-corrected chi connectivity index (χ4v) is 1.90. The smallest absolute Gasteiger partial charge is 0.315 e. The summed E-state index contributed by atoms with van der Waals surface area (Å²) in [5.41, 5.74) is 0.964. The Labute approximate surface area is 120 Å². The number of carbonyl (C=O) groups excluding carboxylic acids is 1. The summed E-state index contributed by atoms with van der Waals surface area (Å²) in [5.74, 6) is -2.94. The van der Waals surface area contributed by atoms with Gasteiger partial charge in [0.05, 0.1) is 22.7 Å². The van der Waals surface area contributed by atoms with Crippen LogP contribution >= 0.6 is 11.6 Å². The van der Waals surface area contributed by atoms with Crippen molar-refractivity contribution in [2.24, 2.45) is 5.92 Å². The number of benzene rings is 1. The number of carbonyl (C=O) groups is 2. The van der Waals surface area contributed by atoms with Gasteiger partial charge in [-0.15, -0.1) is 0 Å². The number of nitrogens with zero attached hydrogens (tertiary/aromatic N) is 2. The lowest BCUT2D eigenvalue weighted by Crippen LogP contribution is -2.27. The molecule has 1 atom stereocenters. The number of aliphatic carboxylic acids is 1. The van der Waals surface area contributed by atoms with Crippen LogP contribution in [0.1, 0.15) is 6.92 Å².